The fraction of sp³-hybridized carbons (Fsp3) is 0. The lowest BCUT2D eigenvalue weighted by Gasteiger charge is -2.16. The highest BCUT2D eigenvalue weighted by molar-refractivity contribution is 6.09. The number of aromatic nitrogens is 5. The highest BCUT2D eigenvalue weighted by atomic mass is 15.1. The number of benzene rings is 5. The number of hydrogen-bond donors (Lipinski definition) is 0. The molecule has 5 aromatic carbocycles. The van der Waals surface area contributed by atoms with Crippen LogP contribution in [0.1, 0.15) is 0 Å². The molecule has 0 aliphatic carbocycles. The third kappa shape index (κ3) is 4.44. The van der Waals surface area contributed by atoms with Gasteiger partial charge in [-0.3, -0.25) is 4.98 Å². The molecule has 0 saturated carbocycles. The summed E-state index contributed by atoms with van der Waals surface area (Å²) in [5.41, 5.74) is 8.09. The second-order valence-electron chi connectivity index (χ2n) is 10.4. The summed E-state index contributed by atoms with van der Waals surface area (Å²) in [5.74, 6) is 1.86. The molecule has 0 amide bonds. The second kappa shape index (κ2) is 10.5. The first kappa shape index (κ1) is 24.8. The van der Waals surface area contributed by atoms with Crippen molar-refractivity contribution in [3.63, 3.8) is 0 Å². The zero-order valence-electron chi connectivity index (χ0n) is 23.2. The average molecular weight is 552 g/mol. The Morgan fingerprint density at radius 1 is 0.419 bits per heavy atom. The molecule has 0 bridgehead atoms. The predicted molar refractivity (Wildman–Crippen MR) is 174 cm³/mol. The van der Waals surface area contributed by atoms with Gasteiger partial charge < -0.3 is 4.57 Å². The van der Waals surface area contributed by atoms with Crippen LogP contribution in [-0.2, 0) is 0 Å². The molecule has 0 atom stereocenters. The van der Waals surface area contributed by atoms with Crippen molar-refractivity contribution in [3.8, 4) is 51.0 Å². The molecule has 43 heavy (non-hydrogen) atoms. The van der Waals surface area contributed by atoms with E-state index in [-0.39, 0.29) is 0 Å². The van der Waals surface area contributed by atoms with Crippen molar-refractivity contribution in [1.29, 1.82) is 0 Å². The highest BCUT2D eigenvalue weighted by Crippen LogP contribution is 2.38. The topological polar surface area (TPSA) is 56.5 Å². The van der Waals surface area contributed by atoms with E-state index in [1.165, 1.54) is 10.8 Å². The van der Waals surface area contributed by atoms with Crippen LogP contribution in [0.15, 0.2) is 152 Å². The third-order valence-corrected chi connectivity index (χ3v) is 7.75. The van der Waals surface area contributed by atoms with Crippen LogP contribution in [-0.4, -0.2) is 24.5 Å². The summed E-state index contributed by atoms with van der Waals surface area (Å²) < 4.78 is 2.32. The Bertz CT molecular complexity index is 2110. The summed E-state index contributed by atoms with van der Waals surface area (Å²) in [6.07, 6.45) is 3.68. The van der Waals surface area contributed by atoms with Crippen molar-refractivity contribution in [1.82, 2.24) is 24.5 Å². The Balaban J connectivity index is 1.46. The maximum atomic E-state index is 5.11. The molecule has 0 N–H and O–H groups in total. The van der Waals surface area contributed by atoms with E-state index >= 15 is 0 Å². The molecule has 3 aromatic heterocycles. The molecule has 5 heteroatoms. The Labute approximate surface area is 248 Å². The monoisotopic (exact) mass is 551 g/mol. The van der Waals surface area contributed by atoms with Gasteiger partial charge in [0.1, 0.15) is 0 Å². The second-order valence-corrected chi connectivity index (χ2v) is 10.4. The first-order valence-electron chi connectivity index (χ1n) is 14.2. The molecule has 0 fully saturated rings. The Morgan fingerprint density at radius 3 is 1.53 bits per heavy atom. The molecule has 5 nitrogen and oxygen atoms in total. The molecule has 0 saturated heterocycles. The first-order chi connectivity index (χ1) is 21.3. The highest BCUT2D eigenvalue weighted by Gasteiger charge is 2.20. The van der Waals surface area contributed by atoms with Crippen LogP contribution in [0.3, 0.4) is 0 Å². The van der Waals surface area contributed by atoms with Crippen LogP contribution < -0.4 is 0 Å². The minimum atomic E-state index is 0.607. The number of rotatable bonds is 5. The lowest BCUT2D eigenvalue weighted by Crippen LogP contribution is -2.04. The van der Waals surface area contributed by atoms with E-state index in [0.29, 0.717) is 17.5 Å². The van der Waals surface area contributed by atoms with Gasteiger partial charge in [-0.2, -0.15) is 0 Å². The number of hydrogen-bond acceptors (Lipinski definition) is 4. The van der Waals surface area contributed by atoms with E-state index in [4.69, 9.17) is 15.0 Å². The van der Waals surface area contributed by atoms with E-state index in [9.17, 15) is 0 Å². The largest absolute Gasteiger partial charge is 0.309 e. The molecule has 0 unspecified atom stereocenters. The van der Waals surface area contributed by atoms with E-state index in [1.54, 1.807) is 6.20 Å². The van der Waals surface area contributed by atoms with E-state index in [0.717, 1.165) is 44.5 Å². The van der Waals surface area contributed by atoms with Crippen molar-refractivity contribution in [2.75, 3.05) is 0 Å². The van der Waals surface area contributed by atoms with Crippen LogP contribution in [0.25, 0.3) is 72.8 Å². The van der Waals surface area contributed by atoms with Gasteiger partial charge in [0.25, 0.3) is 0 Å². The van der Waals surface area contributed by atoms with Crippen LogP contribution in [0.2, 0.25) is 0 Å². The fourth-order valence-electron chi connectivity index (χ4n) is 5.73. The van der Waals surface area contributed by atoms with E-state index in [1.807, 2.05) is 72.9 Å². The Morgan fingerprint density at radius 2 is 0.953 bits per heavy atom. The van der Waals surface area contributed by atoms with Crippen LogP contribution in [0.5, 0.6) is 0 Å². The summed E-state index contributed by atoms with van der Waals surface area (Å²) in [4.78, 5) is 19.5. The Hall–Kier alpha value is -5.94. The van der Waals surface area contributed by atoms with Crippen molar-refractivity contribution in [3.05, 3.63) is 152 Å². The molecule has 0 aliphatic heterocycles. The standard InChI is InChI=1S/C38H25N5/c1-3-12-26(13-4-1)36-40-37(27-14-5-2-6-15-27)42-38(41-36)32-24-28(29-16-11-23-39-25-29)21-22-35(32)43-33-19-9-7-17-30(33)31-18-8-10-20-34(31)43/h1-25H. The normalized spacial score (nSPS) is 11.3. The number of fused-ring (bicyclic) bond motifs is 3. The van der Waals surface area contributed by atoms with Gasteiger partial charge in [-0.05, 0) is 35.9 Å². The molecule has 0 aliphatic rings. The van der Waals surface area contributed by atoms with Crippen molar-refractivity contribution in [2.24, 2.45) is 0 Å². The zero-order chi connectivity index (χ0) is 28.6. The molecule has 0 spiro atoms. The SMILES string of the molecule is c1ccc(-c2nc(-c3ccccc3)nc(-c3cc(-c4cccnc4)ccc3-n3c4ccccc4c4ccccc43)n2)cc1. The summed E-state index contributed by atoms with van der Waals surface area (Å²) in [5, 5.41) is 2.40. The number of pyridine rings is 1. The zero-order valence-corrected chi connectivity index (χ0v) is 23.2. The lowest BCUT2D eigenvalue weighted by atomic mass is 10.0. The predicted octanol–water partition coefficient (Wildman–Crippen LogP) is 9.03. The maximum Gasteiger partial charge on any atom is 0.166 e. The van der Waals surface area contributed by atoms with E-state index < -0.39 is 0 Å². The quantitative estimate of drug-likeness (QED) is 0.214. The minimum Gasteiger partial charge on any atom is -0.309 e. The van der Waals surface area contributed by atoms with Crippen LogP contribution in [0, 0.1) is 0 Å². The van der Waals surface area contributed by atoms with Crippen molar-refractivity contribution >= 4 is 21.8 Å². The molecule has 0 radical (unpaired) electrons. The molecule has 202 valence electrons. The fourth-order valence-corrected chi connectivity index (χ4v) is 5.73. The van der Waals surface area contributed by atoms with Gasteiger partial charge in [0.2, 0.25) is 0 Å². The first-order valence-corrected chi connectivity index (χ1v) is 14.2. The summed E-state index contributed by atoms with van der Waals surface area (Å²) in [6, 6.07) is 47.8. The average Bonchev–Trinajstić information content (AvgIpc) is 3.43. The van der Waals surface area contributed by atoms with Gasteiger partial charge in [0, 0.05) is 45.4 Å². The van der Waals surface area contributed by atoms with Gasteiger partial charge in [-0.15, -0.1) is 0 Å². The number of nitrogens with zero attached hydrogens (tertiary/aromatic N) is 5. The summed E-state index contributed by atoms with van der Waals surface area (Å²) in [7, 11) is 0. The summed E-state index contributed by atoms with van der Waals surface area (Å²) in [6.45, 7) is 0. The van der Waals surface area contributed by atoms with E-state index in [2.05, 4.69) is 82.3 Å². The molecular weight excluding hydrogens is 526 g/mol. The van der Waals surface area contributed by atoms with Gasteiger partial charge in [0.15, 0.2) is 17.5 Å². The van der Waals surface area contributed by atoms with Gasteiger partial charge >= 0.3 is 0 Å². The van der Waals surface area contributed by atoms with Crippen molar-refractivity contribution in [2.45, 2.75) is 0 Å². The molecule has 8 rings (SSSR count). The van der Waals surface area contributed by atoms with Gasteiger partial charge in [-0.1, -0.05) is 109 Å². The van der Waals surface area contributed by atoms with Crippen LogP contribution in [0.4, 0.5) is 0 Å². The van der Waals surface area contributed by atoms with Gasteiger partial charge in [0.05, 0.1) is 16.7 Å². The minimum absolute atomic E-state index is 0.607. The van der Waals surface area contributed by atoms with Crippen LogP contribution >= 0.6 is 0 Å². The maximum absolute atomic E-state index is 5.11. The lowest BCUT2D eigenvalue weighted by molar-refractivity contribution is 1.06. The molecule has 3 heterocycles. The molecule has 8 aromatic rings. The van der Waals surface area contributed by atoms with Crippen molar-refractivity contribution < 1.29 is 0 Å². The Kier molecular flexibility index (Phi) is 6.05. The summed E-state index contributed by atoms with van der Waals surface area (Å²) >= 11 is 0. The number of para-hydroxylation sites is 2. The third-order valence-electron chi connectivity index (χ3n) is 7.75. The smallest absolute Gasteiger partial charge is 0.166 e. The van der Waals surface area contributed by atoms with Gasteiger partial charge in [-0.25, -0.2) is 15.0 Å². The molecular formula is C38H25N5.